The minimum Gasteiger partial charge on any atom is -0.379 e. The molecule has 4 rings (SSSR count). The predicted octanol–water partition coefficient (Wildman–Crippen LogP) is 2.73. The maximum absolute atomic E-state index is 12.7. The van der Waals surface area contributed by atoms with Crippen molar-refractivity contribution >= 4 is 17.5 Å². The van der Waals surface area contributed by atoms with Crippen LogP contribution in [0.25, 0.3) is 11.4 Å². The van der Waals surface area contributed by atoms with Gasteiger partial charge in [-0.2, -0.15) is 4.98 Å². The molecule has 0 radical (unpaired) electrons. The van der Waals surface area contributed by atoms with E-state index in [-0.39, 0.29) is 11.4 Å². The lowest BCUT2D eigenvalue weighted by molar-refractivity contribution is -0.149. The van der Waals surface area contributed by atoms with Gasteiger partial charge in [0.05, 0.1) is 25.4 Å². The molecule has 2 aliphatic rings. The molecule has 27 heavy (non-hydrogen) atoms. The van der Waals surface area contributed by atoms with Gasteiger partial charge in [0.25, 0.3) is 0 Å². The predicted molar refractivity (Wildman–Crippen MR) is 98.4 cm³/mol. The first-order chi connectivity index (χ1) is 13.2. The van der Waals surface area contributed by atoms with E-state index in [1.165, 1.54) is 0 Å². The topological polar surface area (TPSA) is 77.7 Å². The van der Waals surface area contributed by atoms with Crippen molar-refractivity contribution in [2.24, 2.45) is 0 Å². The van der Waals surface area contributed by atoms with Gasteiger partial charge in [-0.05, 0) is 37.1 Å². The smallest absolute Gasteiger partial charge is 0.226 e. The number of ether oxygens (including phenoxy) is 2. The Balaban J connectivity index is 1.32. The molecule has 0 saturated carbocycles. The van der Waals surface area contributed by atoms with E-state index in [9.17, 15) is 4.79 Å². The lowest BCUT2D eigenvalue weighted by Gasteiger charge is -2.43. The molecular formula is C19H22ClN3O4. The summed E-state index contributed by atoms with van der Waals surface area (Å²) in [5.41, 5.74) is 0.573. The number of nitrogens with zero attached hydrogens (tertiary/aromatic N) is 3. The summed E-state index contributed by atoms with van der Waals surface area (Å²) in [5, 5.41) is 4.67. The van der Waals surface area contributed by atoms with Crippen molar-refractivity contribution in [2.75, 3.05) is 33.0 Å². The fourth-order valence-corrected chi connectivity index (χ4v) is 3.77. The molecule has 1 amide bonds. The first-order valence-electron chi connectivity index (χ1n) is 9.21. The van der Waals surface area contributed by atoms with Crippen molar-refractivity contribution in [3.63, 3.8) is 0 Å². The molecule has 1 aromatic heterocycles. The van der Waals surface area contributed by atoms with Gasteiger partial charge in [0.15, 0.2) is 0 Å². The molecule has 1 aromatic carbocycles. The number of hydrogen-bond acceptors (Lipinski definition) is 6. The third-order valence-corrected chi connectivity index (χ3v) is 5.39. The Hall–Kier alpha value is -1.96. The van der Waals surface area contributed by atoms with Gasteiger partial charge >= 0.3 is 0 Å². The Kier molecular flexibility index (Phi) is 5.43. The lowest BCUT2D eigenvalue weighted by Crippen LogP contribution is -2.59. The first kappa shape index (κ1) is 18.4. The average Bonchev–Trinajstić information content (AvgIpc) is 3.33. The van der Waals surface area contributed by atoms with Crippen LogP contribution < -0.4 is 0 Å². The maximum Gasteiger partial charge on any atom is 0.226 e. The molecule has 2 fully saturated rings. The summed E-state index contributed by atoms with van der Waals surface area (Å²) in [6, 6.07) is 7.27. The van der Waals surface area contributed by atoms with Crippen LogP contribution in [0.3, 0.4) is 0 Å². The Labute approximate surface area is 162 Å². The van der Waals surface area contributed by atoms with Gasteiger partial charge in [0.1, 0.15) is 0 Å². The van der Waals surface area contributed by atoms with E-state index in [0.717, 1.165) is 12.0 Å². The molecule has 2 saturated heterocycles. The molecule has 1 atom stereocenters. The SMILES string of the molecule is O=C(CCCc1nc(-c2ccc(Cl)cc2)no1)N1CCOCC12CCOC2. The molecule has 0 N–H and O–H groups in total. The molecule has 8 heteroatoms. The highest BCUT2D eigenvalue weighted by atomic mass is 35.5. The summed E-state index contributed by atoms with van der Waals surface area (Å²) in [7, 11) is 0. The van der Waals surface area contributed by atoms with Crippen LogP contribution in [0.2, 0.25) is 5.02 Å². The monoisotopic (exact) mass is 391 g/mol. The van der Waals surface area contributed by atoms with Gasteiger partial charge in [0, 0.05) is 36.6 Å². The molecule has 0 bridgehead atoms. The van der Waals surface area contributed by atoms with Crippen molar-refractivity contribution < 1.29 is 18.8 Å². The summed E-state index contributed by atoms with van der Waals surface area (Å²) >= 11 is 5.90. The fourth-order valence-electron chi connectivity index (χ4n) is 3.64. The van der Waals surface area contributed by atoms with Crippen LogP contribution in [-0.4, -0.2) is 59.5 Å². The van der Waals surface area contributed by atoms with Gasteiger partial charge in [-0.1, -0.05) is 16.8 Å². The van der Waals surface area contributed by atoms with Crippen LogP contribution in [-0.2, 0) is 20.7 Å². The zero-order chi connectivity index (χ0) is 18.7. The minimum atomic E-state index is -0.276. The van der Waals surface area contributed by atoms with Crippen molar-refractivity contribution in [1.29, 1.82) is 0 Å². The molecule has 1 unspecified atom stereocenters. The number of morpholine rings is 1. The normalized spacial score (nSPS) is 22.5. The average molecular weight is 392 g/mol. The van der Waals surface area contributed by atoms with Crippen molar-refractivity contribution in [3.05, 3.63) is 35.2 Å². The third kappa shape index (κ3) is 4.00. The Morgan fingerprint density at radius 1 is 1.19 bits per heavy atom. The van der Waals surface area contributed by atoms with E-state index in [0.29, 0.717) is 69.0 Å². The van der Waals surface area contributed by atoms with Gasteiger partial charge in [-0.3, -0.25) is 4.79 Å². The van der Waals surface area contributed by atoms with Gasteiger partial charge < -0.3 is 18.9 Å². The maximum atomic E-state index is 12.7. The van der Waals surface area contributed by atoms with Crippen LogP contribution in [0, 0.1) is 0 Å². The van der Waals surface area contributed by atoms with Gasteiger partial charge in [0.2, 0.25) is 17.6 Å². The lowest BCUT2D eigenvalue weighted by atomic mass is 9.95. The molecule has 2 aromatic rings. The number of halogens is 1. The molecule has 2 aliphatic heterocycles. The minimum absolute atomic E-state index is 0.140. The van der Waals surface area contributed by atoms with E-state index < -0.39 is 0 Å². The summed E-state index contributed by atoms with van der Waals surface area (Å²) < 4.78 is 16.4. The molecule has 1 spiro atoms. The van der Waals surface area contributed by atoms with E-state index in [2.05, 4.69) is 10.1 Å². The van der Waals surface area contributed by atoms with Crippen LogP contribution in [0.15, 0.2) is 28.8 Å². The van der Waals surface area contributed by atoms with Crippen molar-refractivity contribution in [3.8, 4) is 11.4 Å². The largest absolute Gasteiger partial charge is 0.379 e. The Morgan fingerprint density at radius 2 is 1.96 bits per heavy atom. The number of rotatable bonds is 5. The van der Waals surface area contributed by atoms with Crippen LogP contribution in [0.1, 0.15) is 25.2 Å². The molecule has 144 valence electrons. The Morgan fingerprint density at radius 3 is 2.74 bits per heavy atom. The second kappa shape index (κ2) is 7.96. The molecule has 0 aliphatic carbocycles. The summed E-state index contributed by atoms with van der Waals surface area (Å²) in [6.07, 6.45) is 2.52. The summed E-state index contributed by atoms with van der Waals surface area (Å²) in [4.78, 5) is 19.1. The summed E-state index contributed by atoms with van der Waals surface area (Å²) in [6.45, 7) is 3.02. The zero-order valence-corrected chi connectivity index (χ0v) is 15.8. The number of aryl methyl sites for hydroxylation is 1. The van der Waals surface area contributed by atoms with Gasteiger partial charge in [-0.25, -0.2) is 0 Å². The number of benzene rings is 1. The highest BCUT2D eigenvalue weighted by Crippen LogP contribution is 2.30. The van der Waals surface area contributed by atoms with Crippen molar-refractivity contribution in [2.45, 2.75) is 31.2 Å². The number of hydrogen-bond donors (Lipinski definition) is 0. The Bertz CT molecular complexity index is 787. The fraction of sp³-hybridized carbons (Fsp3) is 0.526. The first-order valence-corrected chi connectivity index (χ1v) is 9.59. The number of carbonyl (C=O) groups is 1. The second-order valence-corrected chi connectivity index (χ2v) is 7.43. The highest BCUT2D eigenvalue weighted by Gasteiger charge is 2.45. The van der Waals surface area contributed by atoms with Crippen LogP contribution >= 0.6 is 11.6 Å². The van der Waals surface area contributed by atoms with E-state index in [1.54, 1.807) is 12.1 Å². The van der Waals surface area contributed by atoms with Gasteiger partial charge in [-0.15, -0.1) is 0 Å². The number of amides is 1. The highest BCUT2D eigenvalue weighted by molar-refractivity contribution is 6.30. The van der Waals surface area contributed by atoms with E-state index >= 15 is 0 Å². The van der Waals surface area contributed by atoms with E-state index in [1.807, 2.05) is 17.0 Å². The number of aromatic nitrogens is 2. The number of carbonyl (C=O) groups excluding carboxylic acids is 1. The van der Waals surface area contributed by atoms with Crippen LogP contribution in [0.4, 0.5) is 0 Å². The summed E-state index contributed by atoms with van der Waals surface area (Å²) in [5.74, 6) is 1.21. The zero-order valence-electron chi connectivity index (χ0n) is 15.0. The standard InChI is InChI=1S/C19H22ClN3O4/c20-15-6-4-14(5-7-15)18-21-16(27-22-18)2-1-3-17(24)23-9-11-26-13-19(23)8-10-25-12-19/h4-7H,1-3,8-13H2. The van der Waals surface area contributed by atoms with E-state index in [4.69, 9.17) is 25.6 Å². The molecular weight excluding hydrogens is 370 g/mol. The van der Waals surface area contributed by atoms with Crippen LogP contribution in [0.5, 0.6) is 0 Å². The quantitative estimate of drug-likeness (QED) is 0.779. The second-order valence-electron chi connectivity index (χ2n) is 7.00. The third-order valence-electron chi connectivity index (χ3n) is 5.14. The molecule has 3 heterocycles. The molecule has 7 nitrogen and oxygen atoms in total. The van der Waals surface area contributed by atoms with Crippen molar-refractivity contribution in [1.82, 2.24) is 15.0 Å².